The smallest absolute Gasteiger partial charge is 0.234 e. The van der Waals surface area contributed by atoms with Crippen molar-refractivity contribution in [1.82, 2.24) is 0 Å². The number of amides is 2. The Kier molecular flexibility index (Phi) is 7.03. The van der Waals surface area contributed by atoms with Crippen LogP contribution in [0.15, 0.2) is 48.5 Å². The fraction of sp³-hybridized carbons (Fsp3) is 0.167. The van der Waals surface area contributed by atoms with Gasteiger partial charge in [-0.15, -0.1) is 11.8 Å². The topological polar surface area (TPSA) is 75.3 Å². The number of benzene rings is 2. The molecular formula is C18H17ClN2O3S. The average Bonchev–Trinajstić information content (AvgIpc) is 2.57. The van der Waals surface area contributed by atoms with Crippen LogP contribution < -0.4 is 10.6 Å². The lowest BCUT2D eigenvalue weighted by atomic mass is 10.2. The van der Waals surface area contributed by atoms with E-state index in [2.05, 4.69) is 10.6 Å². The number of nitrogens with one attached hydrogen (secondary N) is 2. The highest BCUT2D eigenvalue weighted by Crippen LogP contribution is 2.26. The van der Waals surface area contributed by atoms with Gasteiger partial charge in [-0.05, 0) is 18.2 Å². The van der Waals surface area contributed by atoms with Crippen molar-refractivity contribution in [3.63, 3.8) is 0 Å². The first-order valence-corrected chi connectivity index (χ1v) is 9.02. The molecule has 0 saturated heterocycles. The predicted octanol–water partition coefficient (Wildman–Crippen LogP) is 3.85. The molecule has 0 atom stereocenters. The van der Waals surface area contributed by atoms with Crippen LogP contribution in [0.2, 0.25) is 5.02 Å². The van der Waals surface area contributed by atoms with Gasteiger partial charge in [-0.2, -0.15) is 0 Å². The van der Waals surface area contributed by atoms with Crippen molar-refractivity contribution in [3.05, 3.63) is 59.1 Å². The number of hydrogen-bond acceptors (Lipinski definition) is 4. The summed E-state index contributed by atoms with van der Waals surface area (Å²) in [5, 5.41) is 5.77. The minimum absolute atomic E-state index is 0.0277. The highest BCUT2D eigenvalue weighted by Gasteiger charge is 2.11. The second kappa shape index (κ2) is 9.25. The number of carbonyl (C=O) groups excluding carboxylic acids is 3. The quantitative estimate of drug-likeness (QED) is 0.719. The summed E-state index contributed by atoms with van der Waals surface area (Å²) in [5.41, 5.74) is 1.51. The van der Waals surface area contributed by atoms with Crippen LogP contribution in [0.5, 0.6) is 0 Å². The molecule has 7 heteroatoms. The molecule has 0 fully saturated rings. The van der Waals surface area contributed by atoms with Crippen LogP contribution in [0.3, 0.4) is 0 Å². The van der Waals surface area contributed by atoms with Gasteiger partial charge in [-0.1, -0.05) is 41.9 Å². The summed E-state index contributed by atoms with van der Waals surface area (Å²) in [5.74, 6) is -0.226. The zero-order valence-corrected chi connectivity index (χ0v) is 15.1. The molecule has 5 nitrogen and oxygen atoms in total. The monoisotopic (exact) mass is 376 g/mol. The summed E-state index contributed by atoms with van der Waals surface area (Å²) in [7, 11) is 0. The van der Waals surface area contributed by atoms with Gasteiger partial charge >= 0.3 is 0 Å². The molecule has 25 heavy (non-hydrogen) atoms. The number of thioether (sulfide) groups is 1. The Morgan fingerprint density at radius 2 is 1.68 bits per heavy atom. The van der Waals surface area contributed by atoms with Gasteiger partial charge in [0.2, 0.25) is 11.8 Å². The Labute approximate surface area is 155 Å². The second-order valence-corrected chi connectivity index (χ2v) is 6.62. The lowest BCUT2D eigenvalue weighted by Gasteiger charge is -2.11. The van der Waals surface area contributed by atoms with Crippen LogP contribution in [0.4, 0.5) is 11.4 Å². The molecule has 0 spiro atoms. The van der Waals surface area contributed by atoms with E-state index in [1.807, 2.05) is 6.07 Å². The van der Waals surface area contributed by atoms with Crippen LogP contribution in [0, 0.1) is 0 Å². The largest absolute Gasteiger partial charge is 0.325 e. The van der Waals surface area contributed by atoms with Gasteiger partial charge in [0.15, 0.2) is 5.78 Å². The highest BCUT2D eigenvalue weighted by atomic mass is 35.5. The molecule has 2 aromatic carbocycles. The van der Waals surface area contributed by atoms with Gasteiger partial charge in [0.1, 0.15) is 0 Å². The van der Waals surface area contributed by atoms with E-state index >= 15 is 0 Å². The first-order valence-electron chi connectivity index (χ1n) is 7.48. The predicted molar refractivity (Wildman–Crippen MR) is 102 cm³/mol. The lowest BCUT2D eigenvalue weighted by Crippen LogP contribution is -2.17. The second-order valence-electron chi connectivity index (χ2n) is 5.20. The Morgan fingerprint density at radius 3 is 2.36 bits per heavy atom. The number of rotatable bonds is 7. The molecule has 0 bridgehead atoms. The SMILES string of the molecule is CC(=O)Nc1ccc(Cl)cc1NC(=O)CSCC(=O)c1ccccc1. The molecule has 0 aliphatic carbocycles. The molecule has 0 aliphatic heterocycles. The van der Waals surface area contributed by atoms with Gasteiger partial charge in [0, 0.05) is 17.5 Å². The van der Waals surface area contributed by atoms with E-state index in [4.69, 9.17) is 11.6 Å². The molecule has 0 unspecified atom stereocenters. The Balaban J connectivity index is 1.89. The summed E-state index contributed by atoms with van der Waals surface area (Å²) in [6, 6.07) is 13.7. The lowest BCUT2D eigenvalue weighted by molar-refractivity contribution is -0.115. The molecule has 0 radical (unpaired) electrons. The normalized spacial score (nSPS) is 10.2. The van der Waals surface area contributed by atoms with E-state index in [-0.39, 0.29) is 29.1 Å². The van der Waals surface area contributed by atoms with E-state index in [0.29, 0.717) is 22.0 Å². The minimum Gasteiger partial charge on any atom is -0.325 e. The number of ketones is 1. The maximum Gasteiger partial charge on any atom is 0.234 e. The summed E-state index contributed by atoms with van der Waals surface area (Å²) in [6.45, 7) is 1.38. The molecule has 0 saturated carbocycles. The third kappa shape index (κ3) is 6.25. The molecule has 0 heterocycles. The van der Waals surface area contributed by atoms with E-state index in [9.17, 15) is 14.4 Å². The number of halogens is 1. The molecule has 2 N–H and O–H groups in total. The highest BCUT2D eigenvalue weighted by molar-refractivity contribution is 8.00. The van der Waals surface area contributed by atoms with Crippen LogP contribution >= 0.6 is 23.4 Å². The van der Waals surface area contributed by atoms with Crippen LogP contribution in [0.25, 0.3) is 0 Å². The fourth-order valence-corrected chi connectivity index (χ4v) is 2.93. The number of Topliss-reactive ketones (excluding diaryl/α,β-unsaturated/α-hetero) is 1. The molecular weight excluding hydrogens is 360 g/mol. The number of anilines is 2. The van der Waals surface area contributed by atoms with Gasteiger partial charge in [0.05, 0.1) is 22.9 Å². The summed E-state index contributed by atoms with van der Waals surface area (Å²) < 4.78 is 0. The van der Waals surface area contributed by atoms with E-state index < -0.39 is 0 Å². The number of hydrogen-bond donors (Lipinski definition) is 2. The van der Waals surface area contributed by atoms with Crippen molar-refractivity contribution in [2.24, 2.45) is 0 Å². The zero-order chi connectivity index (χ0) is 18.2. The first-order chi connectivity index (χ1) is 12.0. The Hall–Kier alpha value is -2.31. The summed E-state index contributed by atoms with van der Waals surface area (Å²) in [4.78, 5) is 35.3. The van der Waals surface area contributed by atoms with Gasteiger partial charge in [-0.25, -0.2) is 0 Å². The molecule has 2 aromatic rings. The molecule has 0 aromatic heterocycles. The van der Waals surface area contributed by atoms with Crippen LogP contribution in [0.1, 0.15) is 17.3 Å². The molecule has 0 aliphatic rings. The average molecular weight is 377 g/mol. The van der Waals surface area contributed by atoms with Crippen molar-refractivity contribution in [2.45, 2.75) is 6.92 Å². The standard InChI is InChI=1S/C18H17ClN2O3S/c1-12(22)20-15-8-7-14(19)9-16(15)21-18(24)11-25-10-17(23)13-5-3-2-4-6-13/h2-9H,10-11H2,1H3,(H,20,22)(H,21,24). The van der Waals surface area contributed by atoms with Gasteiger partial charge < -0.3 is 10.6 Å². The van der Waals surface area contributed by atoms with E-state index in [1.165, 1.54) is 18.7 Å². The summed E-state index contributed by atoms with van der Waals surface area (Å²) in [6.07, 6.45) is 0. The van der Waals surface area contributed by atoms with Crippen molar-refractivity contribution in [3.8, 4) is 0 Å². The van der Waals surface area contributed by atoms with E-state index in [0.717, 1.165) is 0 Å². The van der Waals surface area contributed by atoms with Crippen molar-refractivity contribution < 1.29 is 14.4 Å². The van der Waals surface area contributed by atoms with Crippen molar-refractivity contribution >= 4 is 52.3 Å². The maximum atomic E-state index is 12.1. The maximum absolute atomic E-state index is 12.1. The molecule has 130 valence electrons. The minimum atomic E-state index is -0.278. The third-order valence-corrected chi connectivity index (χ3v) is 4.30. The Morgan fingerprint density at radius 1 is 0.960 bits per heavy atom. The first kappa shape index (κ1) is 19.0. The zero-order valence-electron chi connectivity index (χ0n) is 13.5. The van der Waals surface area contributed by atoms with Crippen molar-refractivity contribution in [1.29, 1.82) is 0 Å². The molecule has 2 amide bonds. The van der Waals surface area contributed by atoms with Crippen molar-refractivity contribution in [2.75, 3.05) is 22.1 Å². The van der Waals surface area contributed by atoms with Crippen LogP contribution in [-0.4, -0.2) is 29.1 Å². The molecule has 2 rings (SSSR count). The summed E-state index contributed by atoms with van der Waals surface area (Å²) >= 11 is 7.16. The van der Waals surface area contributed by atoms with Gasteiger partial charge in [0.25, 0.3) is 0 Å². The third-order valence-electron chi connectivity index (χ3n) is 3.13. The Bertz CT molecular complexity index is 781. The number of carbonyl (C=O) groups is 3. The van der Waals surface area contributed by atoms with Gasteiger partial charge in [-0.3, -0.25) is 14.4 Å². The van der Waals surface area contributed by atoms with Crippen LogP contribution in [-0.2, 0) is 9.59 Å². The van der Waals surface area contributed by atoms with E-state index in [1.54, 1.807) is 42.5 Å². The fourth-order valence-electron chi connectivity index (χ4n) is 2.05.